The van der Waals surface area contributed by atoms with Crippen LogP contribution < -0.4 is 0 Å². The molecule has 0 aliphatic rings. The van der Waals surface area contributed by atoms with Gasteiger partial charge in [-0.25, -0.2) is 4.39 Å². The molecule has 0 saturated carbocycles. The Morgan fingerprint density at radius 1 is 1.75 bits per heavy atom. The zero-order valence-corrected chi connectivity index (χ0v) is 5.19. The van der Waals surface area contributed by atoms with Gasteiger partial charge in [0.2, 0.25) is 0 Å². The third-order valence-electron chi connectivity index (χ3n) is 0.886. The van der Waals surface area contributed by atoms with Gasteiger partial charge in [0.1, 0.15) is 6.67 Å². The van der Waals surface area contributed by atoms with E-state index in [2.05, 4.69) is 6.92 Å². The van der Waals surface area contributed by atoms with E-state index >= 15 is 0 Å². The third kappa shape index (κ3) is 4.06. The highest BCUT2D eigenvalue weighted by Gasteiger charge is 1.94. The lowest BCUT2D eigenvalue weighted by Crippen LogP contribution is -2.08. The summed E-state index contributed by atoms with van der Waals surface area (Å²) in [7, 11) is 0. The predicted molar refractivity (Wildman–Crippen MR) is 31.4 cm³/mol. The molecule has 1 radical (unpaired) electrons. The SMILES string of the molecule is [CH2]CC(C)OCCF. The van der Waals surface area contributed by atoms with Crippen LogP contribution in [0.1, 0.15) is 13.3 Å². The molecule has 0 bridgehead atoms. The number of hydrogen-bond donors (Lipinski definition) is 0. The molecular formula is C6H12FO. The fraction of sp³-hybridized carbons (Fsp3) is 0.833. The van der Waals surface area contributed by atoms with Crippen molar-refractivity contribution in [3.63, 3.8) is 0 Å². The molecule has 1 unspecified atom stereocenters. The number of alkyl halides is 1. The van der Waals surface area contributed by atoms with E-state index in [0.717, 1.165) is 0 Å². The van der Waals surface area contributed by atoms with Gasteiger partial charge < -0.3 is 4.74 Å². The van der Waals surface area contributed by atoms with Crippen LogP contribution in [0.25, 0.3) is 0 Å². The van der Waals surface area contributed by atoms with Crippen molar-refractivity contribution >= 4 is 0 Å². The van der Waals surface area contributed by atoms with Gasteiger partial charge >= 0.3 is 0 Å². The van der Waals surface area contributed by atoms with Crippen molar-refractivity contribution in [2.24, 2.45) is 0 Å². The van der Waals surface area contributed by atoms with Gasteiger partial charge in [0.15, 0.2) is 0 Å². The van der Waals surface area contributed by atoms with Crippen molar-refractivity contribution in [2.75, 3.05) is 13.3 Å². The molecule has 0 amide bonds. The lowest BCUT2D eigenvalue weighted by Gasteiger charge is -2.06. The summed E-state index contributed by atoms with van der Waals surface area (Å²) in [5, 5.41) is 0. The van der Waals surface area contributed by atoms with Crippen molar-refractivity contribution in [3.05, 3.63) is 6.92 Å². The lowest BCUT2D eigenvalue weighted by atomic mass is 10.3. The molecule has 0 aromatic rings. The largest absolute Gasteiger partial charge is 0.376 e. The van der Waals surface area contributed by atoms with Gasteiger partial charge in [-0.15, -0.1) is 0 Å². The molecule has 0 rings (SSSR count). The number of hydrogen-bond acceptors (Lipinski definition) is 1. The van der Waals surface area contributed by atoms with Crippen LogP contribution in [0.2, 0.25) is 0 Å². The van der Waals surface area contributed by atoms with Gasteiger partial charge in [0.05, 0.1) is 12.7 Å². The molecule has 0 fully saturated rings. The molecule has 1 nitrogen and oxygen atoms in total. The molecule has 0 spiro atoms. The van der Waals surface area contributed by atoms with E-state index in [1.165, 1.54) is 0 Å². The average Bonchev–Trinajstić information content (AvgIpc) is 1.83. The van der Waals surface area contributed by atoms with Crippen molar-refractivity contribution in [1.82, 2.24) is 0 Å². The first kappa shape index (κ1) is 7.89. The first-order valence-electron chi connectivity index (χ1n) is 2.78. The summed E-state index contributed by atoms with van der Waals surface area (Å²) in [5.41, 5.74) is 0. The maximum absolute atomic E-state index is 11.3. The Hall–Kier alpha value is -0.110. The highest BCUT2D eigenvalue weighted by Crippen LogP contribution is 1.93. The second-order valence-corrected chi connectivity index (χ2v) is 1.66. The van der Waals surface area contributed by atoms with Crippen molar-refractivity contribution in [2.45, 2.75) is 19.4 Å². The Balaban J connectivity index is 2.86. The Morgan fingerprint density at radius 2 is 2.38 bits per heavy atom. The van der Waals surface area contributed by atoms with Crippen LogP contribution in [0.3, 0.4) is 0 Å². The first-order valence-corrected chi connectivity index (χ1v) is 2.78. The highest BCUT2D eigenvalue weighted by molar-refractivity contribution is 4.49. The number of halogens is 1. The van der Waals surface area contributed by atoms with E-state index in [0.29, 0.717) is 6.42 Å². The molecule has 0 aliphatic heterocycles. The van der Waals surface area contributed by atoms with Gasteiger partial charge in [-0.3, -0.25) is 0 Å². The smallest absolute Gasteiger partial charge is 0.113 e. The molecule has 0 heterocycles. The minimum Gasteiger partial charge on any atom is -0.376 e. The second kappa shape index (κ2) is 5.04. The molecule has 8 heavy (non-hydrogen) atoms. The third-order valence-corrected chi connectivity index (χ3v) is 0.886. The Morgan fingerprint density at radius 3 is 2.75 bits per heavy atom. The average molecular weight is 119 g/mol. The summed E-state index contributed by atoms with van der Waals surface area (Å²) in [6.07, 6.45) is 0.811. The van der Waals surface area contributed by atoms with Crippen LogP contribution in [0, 0.1) is 6.92 Å². The van der Waals surface area contributed by atoms with E-state index in [9.17, 15) is 4.39 Å². The normalized spacial score (nSPS) is 13.9. The molecule has 0 aromatic heterocycles. The van der Waals surface area contributed by atoms with E-state index in [-0.39, 0.29) is 12.7 Å². The van der Waals surface area contributed by atoms with Crippen molar-refractivity contribution in [3.8, 4) is 0 Å². The van der Waals surface area contributed by atoms with E-state index in [1.54, 1.807) is 0 Å². The Labute approximate surface area is 49.8 Å². The van der Waals surface area contributed by atoms with E-state index in [4.69, 9.17) is 4.74 Å². The molecular weight excluding hydrogens is 107 g/mol. The molecule has 0 aliphatic carbocycles. The lowest BCUT2D eigenvalue weighted by molar-refractivity contribution is 0.0579. The number of rotatable bonds is 4. The highest BCUT2D eigenvalue weighted by atomic mass is 19.1. The van der Waals surface area contributed by atoms with Crippen LogP contribution in [0.4, 0.5) is 4.39 Å². The molecule has 0 aromatic carbocycles. The van der Waals surface area contributed by atoms with Gasteiger partial charge in [-0.05, 0) is 13.3 Å². The first-order chi connectivity index (χ1) is 3.81. The van der Waals surface area contributed by atoms with E-state index in [1.807, 2.05) is 6.92 Å². The van der Waals surface area contributed by atoms with Gasteiger partial charge in [-0.1, -0.05) is 6.92 Å². The summed E-state index contributed by atoms with van der Waals surface area (Å²) in [5.74, 6) is 0. The van der Waals surface area contributed by atoms with Crippen LogP contribution in [-0.4, -0.2) is 19.4 Å². The monoisotopic (exact) mass is 119 g/mol. The van der Waals surface area contributed by atoms with Gasteiger partial charge in [0, 0.05) is 0 Å². The summed E-state index contributed by atoms with van der Waals surface area (Å²) < 4.78 is 16.2. The number of ether oxygens (including phenoxy) is 1. The summed E-state index contributed by atoms with van der Waals surface area (Å²) in [6.45, 7) is 5.28. The fourth-order valence-corrected chi connectivity index (χ4v) is 0.329. The maximum Gasteiger partial charge on any atom is 0.113 e. The van der Waals surface area contributed by atoms with Crippen molar-refractivity contribution in [1.29, 1.82) is 0 Å². The minimum atomic E-state index is -0.398. The Bertz CT molecular complexity index is 47.8. The quantitative estimate of drug-likeness (QED) is 0.546. The standard InChI is InChI=1S/C6H12FO/c1-3-6(2)8-5-4-7/h6H,1,3-5H2,2H3. The van der Waals surface area contributed by atoms with E-state index < -0.39 is 6.67 Å². The fourth-order valence-electron chi connectivity index (χ4n) is 0.329. The summed E-state index contributed by atoms with van der Waals surface area (Å²) in [6, 6.07) is 0. The topological polar surface area (TPSA) is 9.23 Å². The van der Waals surface area contributed by atoms with Crippen LogP contribution >= 0.6 is 0 Å². The molecule has 0 N–H and O–H groups in total. The van der Waals surface area contributed by atoms with Gasteiger partial charge in [-0.2, -0.15) is 0 Å². The minimum absolute atomic E-state index is 0.103. The Kier molecular flexibility index (Phi) is 4.97. The van der Waals surface area contributed by atoms with Crippen LogP contribution in [0.5, 0.6) is 0 Å². The van der Waals surface area contributed by atoms with Crippen LogP contribution in [-0.2, 0) is 4.74 Å². The molecule has 1 atom stereocenters. The van der Waals surface area contributed by atoms with Crippen LogP contribution in [0.15, 0.2) is 0 Å². The molecule has 49 valence electrons. The second-order valence-electron chi connectivity index (χ2n) is 1.66. The molecule has 0 saturated heterocycles. The maximum atomic E-state index is 11.3. The summed E-state index contributed by atoms with van der Waals surface area (Å²) in [4.78, 5) is 0. The molecule has 2 heteroatoms. The predicted octanol–water partition coefficient (Wildman–Crippen LogP) is 1.59. The van der Waals surface area contributed by atoms with Gasteiger partial charge in [0.25, 0.3) is 0 Å². The summed E-state index contributed by atoms with van der Waals surface area (Å²) >= 11 is 0. The van der Waals surface area contributed by atoms with Crippen molar-refractivity contribution < 1.29 is 9.13 Å². The zero-order valence-electron chi connectivity index (χ0n) is 5.19. The zero-order chi connectivity index (χ0) is 6.41.